The molecule has 1 atom stereocenters. The molecule has 0 radical (unpaired) electrons. The number of aryl methyl sites for hydroxylation is 1. The summed E-state index contributed by atoms with van der Waals surface area (Å²) in [5, 5.41) is 7.37. The fourth-order valence-corrected chi connectivity index (χ4v) is 1.87. The van der Waals surface area contributed by atoms with Crippen molar-refractivity contribution in [3.63, 3.8) is 0 Å². The second kappa shape index (κ2) is 5.05. The highest BCUT2D eigenvalue weighted by atomic mass is 19.1. The maximum absolute atomic E-state index is 13.8. The van der Waals surface area contributed by atoms with E-state index in [9.17, 15) is 4.39 Å². The average molecular weight is 234 g/mol. The second-order valence-corrected chi connectivity index (χ2v) is 3.77. The van der Waals surface area contributed by atoms with Crippen LogP contribution in [0.1, 0.15) is 24.2 Å². The minimum atomic E-state index is -0.306. The van der Waals surface area contributed by atoms with Crippen molar-refractivity contribution in [2.45, 2.75) is 13.0 Å². The third kappa shape index (κ3) is 2.34. The zero-order valence-corrected chi connectivity index (χ0v) is 9.89. The van der Waals surface area contributed by atoms with E-state index in [1.807, 2.05) is 20.0 Å². The fraction of sp³-hybridized carbons (Fsp3) is 0.333. The van der Waals surface area contributed by atoms with Crippen LogP contribution in [0.4, 0.5) is 4.39 Å². The van der Waals surface area contributed by atoms with Gasteiger partial charge >= 0.3 is 0 Å². The van der Waals surface area contributed by atoms with Gasteiger partial charge in [0, 0.05) is 25.0 Å². The van der Waals surface area contributed by atoms with Crippen LogP contribution in [0.2, 0.25) is 0 Å². The Morgan fingerprint density at radius 1 is 1.41 bits per heavy atom. The van der Waals surface area contributed by atoms with Gasteiger partial charge in [-0.2, -0.15) is 5.10 Å². The molecule has 0 bridgehead atoms. The lowest BCUT2D eigenvalue weighted by molar-refractivity contribution is 0.529. The first kappa shape index (κ1) is 11.7. The number of hydrogen-bond acceptors (Lipinski definition) is 3. The van der Waals surface area contributed by atoms with Crippen LogP contribution in [-0.4, -0.2) is 21.3 Å². The Balaban J connectivity index is 2.43. The monoisotopic (exact) mass is 234 g/mol. The number of aromatic nitrogens is 3. The normalized spacial score (nSPS) is 12.6. The van der Waals surface area contributed by atoms with Crippen molar-refractivity contribution < 1.29 is 4.39 Å². The SMILES string of the molecule is CCNC(c1ccncc1F)c1ccnn1C. The van der Waals surface area contributed by atoms with Crippen molar-refractivity contribution in [1.29, 1.82) is 0 Å². The number of rotatable bonds is 4. The molecule has 2 aromatic rings. The standard InChI is InChI=1S/C12H15FN4/c1-3-15-12(11-5-7-16-17(11)2)9-4-6-14-8-10(9)13/h4-8,12,15H,3H2,1-2H3. The molecule has 17 heavy (non-hydrogen) atoms. The topological polar surface area (TPSA) is 42.7 Å². The van der Waals surface area contributed by atoms with Crippen LogP contribution >= 0.6 is 0 Å². The molecule has 2 rings (SSSR count). The molecule has 90 valence electrons. The molecule has 0 aliphatic rings. The first-order valence-corrected chi connectivity index (χ1v) is 5.54. The molecule has 1 unspecified atom stereocenters. The van der Waals surface area contributed by atoms with Gasteiger partial charge in [-0.25, -0.2) is 4.39 Å². The molecule has 0 aliphatic carbocycles. The zero-order valence-electron chi connectivity index (χ0n) is 9.89. The molecule has 0 fully saturated rings. The van der Waals surface area contributed by atoms with E-state index in [1.54, 1.807) is 23.1 Å². The Hall–Kier alpha value is -1.75. The average Bonchev–Trinajstić information content (AvgIpc) is 2.74. The first-order chi connectivity index (χ1) is 8.24. The third-order valence-corrected chi connectivity index (χ3v) is 2.68. The van der Waals surface area contributed by atoms with Gasteiger partial charge in [0.05, 0.1) is 17.9 Å². The Bertz CT molecular complexity index is 495. The molecule has 0 amide bonds. The summed E-state index contributed by atoms with van der Waals surface area (Å²) < 4.78 is 15.5. The predicted molar refractivity (Wildman–Crippen MR) is 62.9 cm³/mol. The van der Waals surface area contributed by atoms with Crippen LogP contribution < -0.4 is 5.32 Å². The summed E-state index contributed by atoms with van der Waals surface area (Å²) in [5.74, 6) is -0.306. The van der Waals surface area contributed by atoms with E-state index in [1.165, 1.54) is 6.20 Å². The van der Waals surface area contributed by atoms with Crippen molar-refractivity contribution in [2.75, 3.05) is 6.54 Å². The quantitative estimate of drug-likeness (QED) is 0.874. The molecule has 0 saturated heterocycles. The van der Waals surface area contributed by atoms with Gasteiger partial charge in [0.1, 0.15) is 5.82 Å². The lowest BCUT2D eigenvalue weighted by Crippen LogP contribution is -2.25. The van der Waals surface area contributed by atoms with Crippen LogP contribution in [0.15, 0.2) is 30.7 Å². The Kier molecular flexibility index (Phi) is 3.49. The van der Waals surface area contributed by atoms with Crippen LogP contribution in [0.25, 0.3) is 0 Å². The molecule has 0 aliphatic heterocycles. The van der Waals surface area contributed by atoms with E-state index < -0.39 is 0 Å². The summed E-state index contributed by atoms with van der Waals surface area (Å²) in [6, 6.07) is 3.37. The van der Waals surface area contributed by atoms with Crippen LogP contribution in [0.5, 0.6) is 0 Å². The highest BCUT2D eigenvalue weighted by Crippen LogP contribution is 2.22. The molecule has 4 nitrogen and oxygen atoms in total. The van der Waals surface area contributed by atoms with Crippen LogP contribution in [0, 0.1) is 5.82 Å². The van der Waals surface area contributed by atoms with Gasteiger partial charge < -0.3 is 5.32 Å². The maximum atomic E-state index is 13.8. The van der Waals surface area contributed by atoms with E-state index in [-0.39, 0.29) is 11.9 Å². The van der Waals surface area contributed by atoms with E-state index in [2.05, 4.69) is 15.4 Å². The highest BCUT2D eigenvalue weighted by Gasteiger charge is 2.19. The van der Waals surface area contributed by atoms with Gasteiger partial charge in [-0.05, 0) is 18.7 Å². The van der Waals surface area contributed by atoms with Gasteiger partial charge in [0.25, 0.3) is 0 Å². The molecule has 2 heterocycles. The van der Waals surface area contributed by atoms with E-state index in [4.69, 9.17) is 0 Å². The van der Waals surface area contributed by atoms with Crippen molar-refractivity contribution in [3.8, 4) is 0 Å². The number of nitrogens with one attached hydrogen (secondary N) is 1. The van der Waals surface area contributed by atoms with Gasteiger partial charge in [-0.3, -0.25) is 9.67 Å². The summed E-state index contributed by atoms with van der Waals surface area (Å²) >= 11 is 0. The molecular formula is C12H15FN4. The van der Waals surface area contributed by atoms with Gasteiger partial charge in [0.2, 0.25) is 0 Å². The van der Waals surface area contributed by atoms with E-state index >= 15 is 0 Å². The number of hydrogen-bond donors (Lipinski definition) is 1. The summed E-state index contributed by atoms with van der Waals surface area (Å²) in [5.41, 5.74) is 1.52. The minimum absolute atomic E-state index is 0.199. The number of halogens is 1. The predicted octanol–water partition coefficient (Wildman–Crippen LogP) is 1.65. The van der Waals surface area contributed by atoms with Gasteiger partial charge in [0.15, 0.2) is 0 Å². The summed E-state index contributed by atoms with van der Waals surface area (Å²) in [7, 11) is 1.85. The molecular weight excluding hydrogens is 219 g/mol. The van der Waals surface area contributed by atoms with Crippen LogP contribution in [-0.2, 0) is 7.05 Å². The molecule has 2 aromatic heterocycles. The lowest BCUT2D eigenvalue weighted by Gasteiger charge is -2.18. The summed E-state index contributed by atoms with van der Waals surface area (Å²) in [6.45, 7) is 2.74. The Morgan fingerprint density at radius 2 is 2.24 bits per heavy atom. The Morgan fingerprint density at radius 3 is 2.82 bits per heavy atom. The third-order valence-electron chi connectivity index (χ3n) is 2.68. The second-order valence-electron chi connectivity index (χ2n) is 3.77. The molecule has 5 heteroatoms. The Labute approximate surface area is 99.5 Å². The summed E-state index contributed by atoms with van der Waals surface area (Å²) in [4.78, 5) is 3.77. The highest BCUT2D eigenvalue weighted by molar-refractivity contribution is 5.26. The molecule has 0 saturated carbocycles. The van der Waals surface area contributed by atoms with Crippen molar-refractivity contribution in [1.82, 2.24) is 20.1 Å². The van der Waals surface area contributed by atoms with Gasteiger partial charge in [-0.15, -0.1) is 0 Å². The van der Waals surface area contributed by atoms with Crippen molar-refractivity contribution in [3.05, 3.63) is 47.8 Å². The smallest absolute Gasteiger partial charge is 0.146 e. The molecule has 0 aromatic carbocycles. The zero-order chi connectivity index (χ0) is 12.3. The molecule has 1 N–H and O–H groups in total. The number of nitrogens with zero attached hydrogens (tertiary/aromatic N) is 3. The number of pyridine rings is 1. The molecule has 0 spiro atoms. The first-order valence-electron chi connectivity index (χ1n) is 5.54. The van der Waals surface area contributed by atoms with Crippen molar-refractivity contribution in [2.24, 2.45) is 7.05 Å². The minimum Gasteiger partial charge on any atom is -0.305 e. The van der Waals surface area contributed by atoms with E-state index in [0.29, 0.717) is 5.56 Å². The van der Waals surface area contributed by atoms with Crippen LogP contribution in [0.3, 0.4) is 0 Å². The van der Waals surface area contributed by atoms with E-state index in [0.717, 1.165) is 12.2 Å². The fourth-order valence-electron chi connectivity index (χ4n) is 1.87. The lowest BCUT2D eigenvalue weighted by atomic mass is 10.0. The van der Waals surface area contributed by atoms with Crippen molar-refractivity contribution >= 4 is 0 Å². The summed E-state index contributed by atoms with van der Waals surface area (Å²) in [6.07, 6.45) is 4.54. The van der Waals surface area contributed by atoms with Gasteiger partial charge in [-0.1, -0.05) is 6.92 Å². The largest absolute Gasteiger partial charge is 0.305 e. The maximum Gasteiger partial charge on any atom is 0.146 e.